The summed E-state index contributed by atoms with van der Waals surface area (Å²) < 4.78 is 25.7. The third-order valence-electron chi connectivity index (χ3n) is 2.91. The van der Waals surface area contributed by atoms with Crippen molar-refractivity contribution in [2.24, 2.45) is 0 Å². The van der Waals surface area contributed by atoms with Crippen LogP contribution in [0.1, 0.15) is 10.4 Å². The van der Waals surface area contributed by atoms with Crippen LogP contribution in [0.5, 0.6) is 0 Å². The fraction of sp³-hybridized carbons (Fsp3) is 0.214. The monoisotopic (exact) mass is 358 g/mol. The zero-order valence-electron chi connectivity index (χ0n) is 11.8. The van der Waals surface area contributed by atoms with Crippen LogP contribution >= 0.6 is 22.9 Å². The lowest BCUT2D eigenvalue weighted by Gasteiger charge is -2.04. The van der Waals surface area contributed by atoms with Gasteiger partial charge in [0, 0.05) is 9.90 Å². The zero-order valence-corrected chi connectivity index (χ0v) is 14.2. The highest BCUT2D eigenvalue weighted by molar-refractivity contribution is 7.91. The van der Waals surface area contributed by atoms with E-state index < -0.39 is 10.0 Å². The van der Waals surface area contributed by atoms with E-state index in [0.717, 1.165) is 21.8 Å². The molecule has 5 nitrogen and oxygen atoms in total. The number of carbonyl (C=O) groups excluding carboxylic acids is 1. The molecule has 8 heteroatoms. The van der Waals surface area contributed by atoms with Crippen LogP contribution in [0, 0.1) is 0 Å². The van der Waals surface area contributed by atoms with Gasteiger partial charge < -0.3 is 5.32 Å². The Morgan fingerprint density at radius 1 is 1.18 bits per heavy atom. The lowest BCUT2D eigenvalue weighted by molar-refractivity contribution is -0.120. The molecule has 0 fully saturated rings. The fourth-order valence-corrected chi connectivity index (χ4v) is 3.99. The van der Waals surface area contributed by atoms with E-state index in [-0.39, 0.29) is 16.5 Å². The van der Waals surface area contributed by atoms with Gasteiger partial charge in [-0.2, -0.15) is 0 Å². The molecule has 0 bridgehead atoms. The minimum Gasteiger partial charge on any atom is -0.351 e. The van der Waals surface area contributed by atoms with Gasteiger partial charge in [0.05, 0.1) is 13.0 Å². The van der Waals surface area contributed by atoms with E-state index in [2.05, 4.69) is 10.0 Å². The number of nitrogens with one attached hydrogen (secondary N) is 2. The van der Waals surface area contributed by atoms with Crippen LogP contribution in [0.15, 0.2) is 40.6 Å². The lowest BCUT2D eigenvalue weighted by atomic mass is 10.1. The van der Waals surface area contributed by atoms with Gasteiger partial charge in [-0.1, -0.05) is 23.7 Å². The van der Waals surface area contributed by atoms with Gasteiger partial charge >= 0.3 is 0 Å². The molecule has 0 atom stereocenters. The third kappa shape index (κ3) is 4.54. The van der Waals surface area contributed by atoms with Crippen molar-refractivity contribution in [3.63, 3.8) is 0 Å². The second kappa shape index (κ2) is 7.23. The van der Waals surface area contributed by atoms with Gasteiger partial charge in [-0.15, -0.1) is 11.3 Å². The molecular weight excluding hydrogens is 344 g/mol. The summed E-state index contributed by atoms with van der Waals surface area (Å²) in [4.78, 5) is 12.6. The number of thiophene rings is 1. The van der Waals surface area contributed by atoms with E-state index in [1.54, 1.807) is 30.3 Å². The number of halogens is 1. The quantitative estimate of drug-likeness (QED) is 0.831. The summed E-state index contributed by atoms with van der Waals surface area (Å²) in [5.74, 6) is -0.131. The van der Waals surface area contributed by atoms with Crippen molar-refractivity contribution in [3.8, 4) is 0 Å². The SMILES string of the molecule is CNS(=O)(=O)c1ccc(CNC(=O)Cc2ccc(Cl)cc2)s1. The topological polar surface area (TPSA) is 75.3 Å². The van der Waals surface area contributed by atoms with Crippen LogP contribution in [0.2, 0.25) is 5.02 Å². The summed E-state index contributed by atoms with van der Waals surface area (Å²) in [5.41, 5.74) is 0.867. The van der Waals surface area contributed by atoms with E-state index >= 15 is 0 Å². The van der Waals surface area contributed by atoms with Crippen LogP contribution in [0.3, 0.4) is 0 Å². The summed E-state index contributed by atoms with van der Waals surface area (Å²) in [6, 6.07) is 10.3. The van der Waals surface area contributed by atoms with Gasteiger partial charge in [-0.25, -0.2) is 13.1 Å². The minimum atomic E-state index is -3.43. The first-order valence-corrected chi connectivity index (χ1v) is 9.12. The molecule has 22 heavy (non-hydrogen) atoms. The Kier molecular flexibility index (Phi) is 5.57. The van der Waals surface area contributed by atoms with E-state index in [4.69, 9.17) is 11.6 Å². The van der Waals surface area contributed by atoms with Gasteiger partial charge in [-0.05, 0) is 36.9 Å². The Morgan fingerprint density at radius 2 is 1.86 bits per heavy atom. The van der Waals surface area contributed by atoms with Crippen LogP contribution in [-0.2, 0) is 27.8 Å². The van der Waals surface area contributed by atoms with Crippen molar-refractivity contribution in [2.75, 3.05) is 7.05 Å². The number of carbonyl (C=O) groups is 1. The molecule has 2 N–H and O–H groups in total. The van der Waals surface area contributed by atoms with Crippen molar-refractivity contribution >= 4 is 38.9 Å². The average Bonchev–Trinajstić information content (AvgIpc) is 2.97. The molecule has 1 aromatic heterocycles. The maximum Gasteiger partial charge on any atom is 0.249 e. The smallest absolute Gasteiger partial charge is 0.249 e. The number of hydrogen-bond acceptors (Lipinski definition) is 4. The molecule has 0 unspecified atom stereocenters. The van der Waals surface area contributed by atoms with Crippen LogP contribution in [0.25, 0.3) is 0 Å². The lowest BCUT2D eigenvalue weighted by Crippen LogP contribution is -2.24. The minimum absolute atomic E-state index is 0.131. The summed E-state index contributed by atoms with van der Waals surface area (Å²) in [5, 5.41) is 3.39. The molecule has 0 aliphatic heterocycles. The molecule has 1 amide bonds. The summed E-state index contributed by atoms with van der Waals surface area (Å²) >= 11 is 6.92. The van der Waals surface area contributed by atoms with Gasteiger partial charge in [0.2, 0.25) is 15.9 Å². The van der Waals surface area contributed by atoms with Crippen LogP contribution < -0.4 is 10.0 Å². The van der Waals surface area contributed by atoms with Crippen molar-refractivity contribution in [1.29, 1.82) is 0 Å². The molecule has 0 aliphatic carbocycles. The Labute approximate surface area is 138 Å². The standard InChI is InChI=1S/C14H15ClN2O3S2/c1-16-22(19,20)14-7-6-12(21-14)9-17-13(18)8-10-2-4-11(15)5-3-10/h2-7,16H,8-9H2,1H3,(H,17,18). The molecule has 0 saturated carbocycles. The van der Waals surface area contributed by atoms with E-state index in [0.29, 0.717) is 11.6 Å². The Morgan fingerprint density at radius 3 is 2.50 bits per heavy atom. The highest BCUT2D eigenvalue weighted by Gasteiger charge is 2.14. The zero-order chi connectivity index (χ0) is 16.2. The normalized spacial score (nSPS) is 11.4. The van der Waals surface area contributed by atoms with E-state index in [1.165, 1.54) is 13.1 Å². The molecule has 1 heterocycles. The van der Waals surface area contributed by atoms with Gasteiger partial charge in [0.1, 0.15) is 4.21 Å². The molecule has 118 valence electrons. The first kappa shape index (κ1) is 17.0. The van der Waals surface area contributed by atoms with Gasteiger partial charge in [0.15, 0.2) is 0 Å². The van der Waals surface area contributed by atoms with Crippen LogP contribution in [0.4, 0.5) is 0 Å². The summed E-state index contributed by atoms with van der Waals surface area (Å²) in [7, 11) is -2.06. The molecular formula is C14H15ClN2O3S2. The molecule has 2 rings (SSSR count). The van der Waals surface area contributed by atoms with Crippen molar-refractivity contribution < 1.29 is 13.2 Å². The number of rotatable bonds is 6. The highest BCUT2D eigenvalue weighted by Crippen LogP contribution is 2.21. The van der Waals surface area contributed by atoms with Gasteiger partial charge in [0.25, 0.3) is 0 Å². The Hall–Kier alpha value is -1.41. The first-order valence-electron chi connectivity index (χ1n) is 6.44. The molecule has 0 spiro atoms. The molecule has 0 radical (unpaired) electrons. The highest BCUT2D eigenvalue weighted by atomic mass is 35.5. The molecule has 1 aromatic carbocycles. The maximum absolute atomic E-state index is 11.9. The average molecular weight is 359 g/mol. The second-order valence-corrected chi connectivity index (χ2v) is 8.23. The van der Waals surface area contributed by atoms with Crippen molar-refractivity contribution in [2.45, 2.75) is 17.2 Å². The molecule has 0 aliphatic rings. The largest absolute Gasteiger partial charge is 0.351 e. The first-order chi connectivity index (χ1) is 10.4. The predicted octanol–water partition coefficient (Wildman–Crippen LogP) is 2.17. The predicted molar refractivity (Wildman–Crippen MR) is 87.6 cm³/mol. The van der Waals surface area contributed by atoms with Crippen LogP contribution in [-0.4, -0.2) is 21.4 Å². The molecule has 0 saturated heterocycles. The Balaban J connectivity index is 1.90. The number of hydrogen-bond donors (Lipinski definition) is 2. The number of amides is 1. The summed E-state index contributed by atoms with van der Waals surface area (Å²) in [6.07, 6.45) is 0.254. The van der Waals surface area contributed by atoms with Crippen molar-refractivity contribution in [1.82, 2.24) is 10.0 Å². The number of benzene rings is 1. The maximum atomic E-state index is 11.9. The summed E-state index contributed by atoms with van der Waals surface area (Å²) in [6.45, 7) is 0.302. The number of sulfonamides is 1. The van der Waals surface area contributed by atoms with E-state index in [9.17, 15) is 13.2 Å². The van der Waals surface area contributed by atoms with E-state index in [1.807, 2.05) is 0 Å². The van der Waals surface area contributed by atoms with Gasteiger partial charge in [-0.3, -0.25) is 4.79 Å². The fourth-order valence-electron chi connectivity index (χ4n) is 1.73. The molecule has 2 aromatic rings. The Bertz CT molecular complexity index is 755. The second-order valence-electron chi connectivity index (χ2n) is 4.51. The third-order valence-corrected chi connectivity index (χ3v) is 6.15. The van der Waals surface area contributed by atoms with Crippen molar-refractivity contribution in [3.05, 3.63) is 51.9 Å².